The number of ether oxygens (including phenoxy) is 2. The van der Waals surface area contributed by atoms with E-state index in [9.17, 15) is 13.2 Å². The number of aromatic nitrogens is 3. The predicted octanol–water partition coefficient (Wildman–Crippen LogP) is 4.96. The highest BCUT2D eigenvalue weighted by Gasteiger charge is 2.36. The molecule has 9 heteroatoms. The molecule has 4 aromatic rings. The number of nitrogens with zero attached hydrogens (tertiary/aromatic N) is 3. The summed E-state index contributed by atoms with van der Waals surface area (Å²) in [5, 5.41) is 4.17. The van der Waals surface area contributed by atoms with Gasteiger partial charge in [-0.25, -0.2) is 9.97 Å². The molecule has 2 heterocycles. The summed E-state index contributed by atoms with van der Waals surface area (Å²) in [6.45, 7) is 0. The Balaban J connectivity index is 1.95. The molecule has 0 amide bonds. The van der Waals surface area contributed by atoms with Gasteiger partial charge in [0, 0.05) is 23.0 Å². The quantitative estimate of drug-likeness (QED) is 0.522. The second kappa shape index (κ2) is 7.08. The van der Waals surface area contributed by atoms with E-state index in [1.54, 1.807) is 24.4 Å². The topological polar surface area (TPSA) is 69.2 Å². The number of benzene rings is 2. The summed E-state index contributed by atoms with van der Waals surface area (Å²) >= 11 is 0. The molecule has 1 N–H and O–H groups in total. The zero-order valence-electron chi connectivity index (χ0n) is 15.4. The van der Waals surface area contributed by atoms with Gasteiger partial charge in [-0.1, -0.05) is 18.2 Å². The molecule has 0 radical (unpaired) electrons. The van der Waals surface area contributed by atoms with Crippen LogP contribution in [0.2, 0.25) is 0 Å². The Hall–Kier alpha value is -3.62. The highest BCUT2D eigenvalue weighted by Crippen LogP contribution is 2.37. The summed E-state index contributed by atoms with van der Waals surface area (Å²) in [5.41, 5.74) is 1.20. The average molecular weight is 400 g/mol. The summed E-state index contributed by atoms with van der Waals surface area (Å²) < 4.78 is 50.6. The number of para-hydroxylation sites is 1. The number of alkyl halides is 3. The lowest BCUT2D eigenvalue weighted by molar-refractivity contribution is -0.144. The van der Waals surface area contributed by atoms with Crippen LogP contribution in [0.5, 0.6) is 11.5 Å². The van der Waals surface area contributed by atoms with Crippen molar-refractivity contribution in [2.75, 3.05) is 19.5 Å². The van der Waals surface area contributed by atoms with Crippen LogP contribution in [-0.2, 0) is 6.18 Å². The number of fused-ring (bicyclic) bond motifs is 2. The van der Waals surface area contributed by atoms with Crippen molar-refractivity contribution in [3.63, 3.8) is 0 Å². The van der Waals surface area contributed by atoms with Crippen LogP contribution in [0, 0.1) is 0 Å². The molecule has 0 spiro atoms. The Morgan fingerprint density at radius 3 is 2.38 bits per heavy atom. The van der Waals surface area contributed by atoms with Crippen molar-refractivity contribution in [2.45, 2.75) is 6.18 Å². The molecule has 0 saturated carbocycles. The minimum atomic E-state index is -4.71. The number of nitrogens with one attached hydrogen (secondary N) is 1. The van der Waals surface area contributed by atoms with E-state index in [0.717, 1.165) is 5.39 Å². The number of hydrogen-bond acceptors (Lipinski definition) is 6. The Kier molecular flexibility index (Phi) is 4.57. The molecule has 4 rings (SSSR count). The third kappa shape index (κ3) is 3.46. The number of methoxy groups -OCH3 is 2. The largest absolute Gasteiger partial charge is 0.493 e. The third-order valence-corrected chi connectivity index (χ3v) is 4.34. The van der Waals surface area contributed by atoms with E-state index in [4.69, 9.17) is 9.47 Å². The summed E-state index contributed by atoms with van der Waals surface area (Å²) in [4.78, 5) is 11.7. The number of rotatable bonds is 4. The van der Waals surface area contributed by atoms with Gasteiger partial charge in [0.25, 0.3) is 0 Å². The normalized spacial score (nSPS) is 11.6. The Labute approximate surface area is 163 Å². The fraction of sp³-hybridized carbons (Fsp3) is 0.150. The first-order valence-electron chi connectivity index (χ1n) is 8.52. The first-order valence-corrected chi connectivity index (χ1v) is 8.52. The molecule has 2 aromatic heterocycles. The predicted molar refractivity (Wildman–Crippen MR) is 103 cm³/mol. The second-order valence-electron chi connectivity index (χ2n) is 6.12. The zero-order chi connectivity index (χ0) is 20.6. The fourth-order valence-electron chi connectivity index (χ4n) is 3.01. The first kappa shape index (κ1) is 18.7. The number of pyridine rings is 1. The molecule has 0 bridgehead atoms. The molecule has 0 aliphatic heterocycles. The molecule has 6 nitrogen and oxygen atoms in total. The molecule has 0 atom stereocenters. The highest BCUT2D eigenvalue weighted by atomic mass is 19.4. The van der Waals surface area contributed by atoms with Crippen molar-refractivity contribution in [2.24, 2.45) is 0 Å². The molecule has 2 aromatic carbocycles. The zero-order valence-corrected chi connectivity index (χ0v) is 15.4. The Morgan fingerprint density at radius 1 is 0.931 bits per heavy atom. The van der Waals surface area contributed by atoms with Crippen molar-refractivity contribution in [1.29, 1.82) is 0 Å². The molecule has 0 aliphatic rings. The lowest BCUT2D eigenvalue weighted by atomic mass is 10.1. The first-order chi connectivity index (χ1) is 13.9. The van der Waals surface area contributed by atoms with E-state index >= 15 is 0 Å². The smallest absolute Gasteiger partial charge is 0.451 e. The van der Waals surface area contributed by atoms with Crippen LogP contribution in [0.1, 0.15) is 5.82 Å². The minimum absolute atomic E-state index is 0.0126. The highest BCUT2D eigenvalue weighted by molar-refractivity contribution is 5.97. The van der Waals surface area contributed by atoms with Crippen molar-refractivity contribution in [1.82, 2.24) is 15.0 Å². The maximum Gasteiger partial charge on any atom is 0.451 e. The van der Waals surface area contributed by atoms with E-state index in [-0.39, 0.29) is 17.1 Å². The average Bonchev–Trinajstić information content (AvgIpc) is 2.72. The van der Waals surface area contributed by atoms with Gasteiger partial charge < -0.3 is 14.8 Å². The van der Waals surface area contributed by atoms with Gasteiger partial charge in [0.05, 0.1) is 30.9 Å². The molecule has 0 saturated heterocycles. The monoisotopic (exact) mass is 400 g/mol. The summed E-state index contributed by atoms with van der Waals surface area (Å²) in [6.07, 6.45) is -3.10. The van der Waals surface area contributed by atoms with Crippen LogP contribution in [0.25, 0.3) is 21.8 Å². The Bertz CT molecular complexity index is 1210. The van der Waals surface area contributed by atoms with Gasteiger partial charge in [-0.05, 0) is 18.2 Å². The van der Waals surface area contributed by atoms with Gasteiger partial charge in [0.1, 0.15) is 5.82 Å². The van der Waals surface area contributed by atoms with Gasteiger partial charge >= 0.3 is 6.18 Å². The van der Waals surface area contributed by atoms with Gasteiger partial charge in [-0.2, -0.15) is 13.2 Å². The van der Waals surface area contributed by atoms with Gasteiger partial charge in [0.2, 0.25) is 5.82 Å². The third-order valence-electron chi connectivity index (χ3n) is 4.34. The SMILES string of the molecule is COc1cc2nc(C(F)(F)F)nc(Nc3cccc4cccnc34)c2cc1OC. The van der Waals surface area contributed by atoms with Crippen LogP contribution in [0.15, 0.2) is 48.7 Å². The standard InChI is InChI=1S/C20H15F3N4O2/c1-28-15-9-12-14(10-16(15)29-2)26-19(20(21,22)23)27-18(12)25-13-7-3-5-11-6-4-8-24-17(11)13/h3-10H,1-2H3,(H,25,26,27). The van der Waals surface area contributed by atoms with Crippen LogP contribution in [0.4, 0.5) is 24.7 Å². The lowest BCUT2D eigenvalue weighted by Crippen LogP contribution is -2.13. The molecule has 0 fully saturated rings. The van der Waals surface area contributed by atoms with E-state index in [1.165, 1.54) is 26.4 Å². The van der Waals surface area contributed by atoms with Crippen molar-refractivity contribution < 1.29 is 22.6 Å². The van der Waals surface area contributed by atoms with Gasteiger partial charge in [-0.15, -0.1) is 0 Å². The maximum atomic E-state index is 13.4. The van der Waals surface area contributed by atoms with E-state index in [2.05, 4.69) is 20.3 Å². The molecule has 0 aliphatic carbocycles. The van der Waals surface area contributed by atoms with Crippen molar-refractivity contribution in [3.8, 4) is 11.5 Å². The Morgan fingerprint density at radius 2 is 1.66 bits per heavy atom. The molecule has 0 unspecified atom stereocenters. The van der Waals surface area contributed by atoms with Crippen molar-refractivity contribution in [3.05, 3.63) is 54.5 Å². The summed E-state index contributed by atoms with van der Waals surface area (Å²) in [6, 6.07) is 11.9. The number of hydrogen-bond donors (Lipinski definition) is 1. The summed E-state index contributed by atoms with van der Waals surface area (Å²) in [5.74, 6) is -0.651. The van der Waals surface area contributed by atoms with E-state index < -0.39 is 12.0 Å². The second-order valence-corrected chi connectivity index (χ2v) is 6.12. The van der Waals surface area contributed by atoms with Gasteiger partial charge in [-0.3, -0.25) is 4.98 Å². The summed E-state index contributed by atoms with van der Waals surface area (Å²) in [7, 11) is 2.84. The number of anilines is 2. The van der Waals surface area contributed by atoms with E-state index in [0.29, 0.717) is 22.3 Å². The molecular formula is C20H15F3N4O2. The van der Waals surface area contributed by atoms with Gasteiger partial charge in [0.15, 0.2) is 11.5 Å². The van der Waals surface area contributed by atoms with Crippen molar-refractivity contribution >= 4 is 33.3 Å². The maximum absolute atomic E-state index is 13.4. The van der Waals surface area contributed by atoms with Crippen LogP contribution >= 0.6 is 0 Å². The minimum Gasteiger partial charge on any atom is -0.493 e. The molecule has 148 valence electrons. The molecule has 29 heavy (non-hydrogen) atoms. The lowest BCUT2D eigenvalue weighted by Gasteiger charge is -2.15. The fourth-order valence-corrected chi connectivity index (χ4v) is 3.01. The van der Waals surface area contributed by atoms with E-state index in [1.807, 2.05) is 12.1 Å². The van der Waals surface area contributed by atoms with Crippen LogP contribution in [0.3, 0.4) is 0 Å². The number of halogens is 3. The van der Waals surface area contributed by atoms with Crippen LogP contribution in [-0.4, -0.2) is 29.2 Å². The molecular weight excluding hydrogens is 385 g/mol. The van der Waals surface area contributed by atoms with Crippen LogP contribution < -0.4 is 14.8 Å².